The number of hydrogen-bond acceptors (Lipinski definition) is 2. The normalized spacial score (nSPS) is 9.84. The molecule has 1 aromatic heterocycles. The zero-order chi connectivity index (χ0) is 13.1. The average molecular weight is 280 g/mol. The van der Waals surface area contributed by atoms with E-state index in [-0.39, 0.29) is 18.3 Å². The van der Waals surface area contributed by atoms with Crippen LogP contribution in [0.5, 0.6) is 0 Å². The maximum absolute atomic E-state index is 12.0. The second-order valence-electron chi connectivity index (χ2n) is 4.42. The molecule has 19 heavy (non-hydrogen) atoms. The fourth-order valence-corrected chi connectivity index (χ4v) is 1.92. The average Bonchev–Trinajstić information content (AvgIpc) is 2.70. The van der Waals surface area contributed by atoms with E-state index in [9.17, 15) is 4.79 Å². The van der Waals surface area contributed by atoms with Crippen molar-refractivity contribution in [2.45, 2.75) is 27.3 Å². The van der Waals surface area contributed by atoms with Crippen molar-refractivity contribution < 1.29 is 4.79 Å². The van der Waals surface area contributed by atoms with Crippen LogP contribution < -0.4 is 5.32 Å². The van der Waals surface area contributed by atoms with Gasteiger partial charge in [-0.1, -0.05) is 18.2 Å². The molecule has 0 atom stereocenters. The third-order valence-corrected chi connectivity index (χ3v) is 2.98. The molecular weight excluding hydrogens is 262 g/mol. The number of benzene rings is 1. The van der Waals surface area contributed by atoms with E-state index in [2.05, 4.69) is 10.3 Å². The Labute approximate surface area is 119 Å². The molecule has 1 heterocycles. The highest BCUT2D eigenvalue weighted by atomic mass is 35.5. The fraction of sp³-hybridized carbons (Fsp3) is 0.286. The van der Waals surface area contributed by atoms with Crippen molar-refractivity contribution in [3.05, 3.63) is 47.5 Å². The summed E-state index contributed by atoms with van der Waals surface area (Å²) >= 11 is 0. The maximum atomic E-state index is 12.0. The minimum absolute atomic E-state index is 0. The number of aromatic nitrogens is 2. The summed E-state index contributed by atoms with van der Waals surface area (Å²) in [7, 11) is 0. The van der Waals surface area contributed by atoms with Crippen molar-refractivity contribution in [1.29, 1.82) is 0 Å². The van der Waals surface area contributed by atoms with Crippen LogP contribution in [0, 0.1) is 20.8 Å². The molecule has 0 bridgehead atoms. The predicted octanol–water partition coefficient (Wildman–Crippen LogP) is 2.87. The highest BCUT2D eigenvalue weighted by Gasteiger charge is 2.08. The molecule has 0 aliphatic heterocycles. The zero-order valence-electron chi connectivity index (χ0n) is 11.3. The van der Waals surface area contributed by atoms with Crippen LogP contribution in [-0.4, -0.2) is 15.5 Å². The molecule has 1 N–H and O–H groups in total. The van der Waals surface area contributed by atoms with Crippen molar-refractivity contribution in [1.82, 2.24) is 9.55 Å². The molecule has 4 nitrogen and oxygen atoms in total. The van der Waals surface area contributed by atoms with Gasteiger partial charge in [0.05, 0.1) is 0 Å². The van der Waals surface area contributed by atoms with Crippen molar-refractivity contribution in [3.63, 3.8) is 0 Å². The first kappa shape index (κ1) is 15.2. The van der Waals surface area contributed by atoms with Crippen LogP contribution in [0.25, 0.3) is 0 Å². The number of aryl methyl sites for hydroxylation is 3. The quantitative estimate of drug-likeness (QED) is 0.939. The minimum atomic E-state index is -0.0338. The summed E-state index contributed by atoms with van der Waals surface area (Å²) in [6, 6.07) is 5.97. The van der Waals surface area contributed by atoms with Gasteiger partial charge in [-0.2, -0.15) is 0 Å². The van der Waals surface area contributed by atoms with Gasteiger partial charge in [0.1, 0.15) is 12.4 Å². The number of anilines is 1. The molecule has 0 spiro atoms. The number of hydrogen-bond donors (Lipinski definition) is 1. The molecule has 0 aliphatic carbocycles. The standard InChI is InChI=1S/C14H17N3O.ClH/c1-10-5-4-6-11(2)14(10)16-13(18)9-17-8-7-15-12(17)3;/h4-8H,9H2,1-3H3,(H,16,18);1H. The predicted molar refractivity (Wildman–Crippen MR) is 78.8 cm³/mol. The lowest BCUT2D eigenvalue weighted by molar-refractivity contribution is -0.116. The van der Waals surface area contributed by atoms with Gasteiger partial charge in [0.2, 0.25) is 5.91 Å². The third-order valence-electron chi connectivity index (χ3n) is 2.98. The van der Waals surface area contributed by atoms with Gasteiger partial charge < -0.3 is 9.88 Å². The van der Waals surface area contributed by atoms with E-state index in [1.54, 1.807) is 12.4 Å². The fourth-order valence-electron chi connectivity index (χ4n) is 1.92. The first-order valence-electron chi connectivity index (χ1n) is 5.91. The Balaban J connectivity index is 0.00000180. The van der Waals surface area contributed by atoms with Crippen LogP contribution in [0.4, 0.5) is 5.69 Å². The van der Waals surface area contributed by atoms with Gasteiger partial charge in [0, 0.05) is 18.1 Å². The molecular formula is C14H18ClN3O. The van der Waals surface area contributed by atoms with Gasteiger partial charge in [-0.15, -0.1) is 12.4 Å². The number of nitrogens with one attached hydrogen (secondary N) is 1. The highest BCUT2D eigenvalue weighted by molar-refractivity contribution is 5.92. The monoisotopic (exact) mass is 279 g/mol. The number of rotatable bonds is 3. The Bertz CT molecular complexity index is 558. The molecule has 102 valence electrons. The second-order valence-corrected chi connectivity index (χ2v) is 4.42. The van der Waals surface area contributed by atoms with Crippen LogP contribution >= 0.6 is 12.4 Å². The van der Waals surface area contributed by atoms with Crippen molar-refractivity contribution in [2.75, 3.05) is 5.32 Å². The smallest absolute Gasteiger partial charge is 0.244 e. The van der Waals surface area contributed by atoms with Gasteiger partial charge in [0.25, 0.3) is 0 Å². The Morgan fingerprint density at radius 1 is 1.26 bits per heavy atom. The third kappa shape index (κ3) is 3.58. The molecule has 0 fully saturated rings. The second kappa shape index (κ2) is 6.38. The Kier molecular flexibility index (Phi) is 5.12. The van der Waals surface area contributed by atoms with Crippen LogP contribution in [0.2, 0.25) is 0 Å². The molecule has 2 aromatic rings. The van der Waals surface area contributed by atoms with Gasteiger partial charge in [-0.05, 0) is 31.9 Å². The lowest BCUT2D eigenvalue weighted by Gasteiger charge is -2.12. The number of carbonyl (C=O) groups is 1. The number of carbonyl (C=O) groups excluding carboxylic acids is 1. The Hall–Kier alpha value is -1.81. The van der Waals surface area contributed by atoms with E-state index in [4.69, 9.17) is 0 Å². The van der Waals surface area contributed by atoms with E-state index < -0.39 is 0 Å². The van der Waals surface area contributed by atoms with Crippen LogP contribution in [-0.2, 0) is 11.3 Å². The number of amides is 1. The lowest BCUT2D eigenvalue weighted by Crippen LogP contribution is -2.20. The van der Waals surface area contributed by atoms with E-state index in [1.165, 1.54) is 0 Å². The molecule has 1 amide bonds. The van der Waals surface area contributed by atoms with Gasteiger partial charge in [-0.3, -0.25) is 4.79 Å². The summed E-state index contributed by atoms with van der Waals surface area (Å²) < 4.78 is 1.82. The molecule has 1 aromatic carbocycles. The van der Waals surface area contributed by atoms with Crippen molar-refractivity contribution >= 4 is 24.0 Å². The van der Waals surface area contributed by atoms with Crippen LogP contribution in [0.1, 0.15) is 17.0 Å². The Morgan fingerprint density at radius 2 is 1.89 bits per heavy atom. The summed E-state index contributed by atoms with van der Waals surface area (Å²) in [6.07, 6.45) is 3.50. The molecule has 0 unspecified atom stereocenters. The molecule has 0 aliphatic rings. The first-order chi connectivity index (χ1) is 8.58. The topological polar surface area (TPSA) is 46.9 Å². The number of nitrogens with zero attached hydrogens (tertiary/aromatic N) is 2. The van der Waals surface area contributed by atoms with Gasteiger partial charge in [0.15, 0.2) is 0 Å². The molecule has 0 radical (unpaired) electrons. The van der Waals surface area contributed by atoms with Crippen LogP contribution in [0.3, 0.4) is 0 Å². The number of halogens is 1. The van der Waals surface area contributed by atoms with Gasteiger partial charge >= 0.3 is 0 Å². The van der Waals surface area contributed by atoms with Crippen molar-refractivity contribution in [3.8, 4) is 0 Å². The Morgan fingerprint density at radius 3 is 2.42 bits per heavy atom. The molecule has 0 saturated heterocycles. The largest absolute Gasteiger partial charge is 0.326 e. The van der Waals surface area contributed by atoms with Crippen molar-refractivity contribution in [2.24, 2.45) is 0 Å². The lowest BCUT2D eigenvalue weighted by atomic mass is 10.1. The summed E-state index contributed by atoms with van der Waals surface area (Å²) in [4.78, 5) is 16.1. The highest BCUT2D eigenvalue weighted by Crippen LogP contribution is 2.19. The van der Waals surface area contributed by atoms with E-state index >= 15 is 0 Å². The van der Waals surface area contributed by atoms with Gasteiger partial charge in [-0.25, -0.2) is 4.98 Å². The number of imidazole rings is 1. The summed E-state index contributed by atoms with van der Waals surface area (Å²) in [6.45, 7) is 6.15. The van der Waals surface area contributed by atoms with E-state index in [0.717, 1.165) is 22.6 Å². The maximum Gasteiger partial charge on any atom is 0.244 e. The van der Waals surface area contributed by atoms with E-state index in [1.807, 2.05) is 43.5 Å². The number of para-hydroxylation sites is 1. The summed E-state index contributed by atoms with van der Waals surface area (Å²) in [5.41, 5.74) is 3.05. The first-order valence-corrected chi connectivity index (χ1v) is 5.91. The van der Waals surface area contributed by atoms with E-state index in [0.29, 0.717) is 6.54 Å². The molecule has 0 saturated carbocycles. The molecule has 2 rings (SSSR count). The molecule has 5 heteroatoms. The summed E-state index contributed by atoms with van der Waals surface area (Å²) in [5, 5.41) is 2.96. The zero-order valence-corrected chi connectivity index (χ0v) is 12.1. The van der Waals surface area contributed by atoms with Crippen LogP contribution in [0.15, 0.2) is 30.6 Å². The summed E-state index contributed by atoms with van der Waals surface area (Å²) in [5.74, 6) is 0.806. The SMILES string of the molecule is Cc1cccc(C)c1NC(=O)Cn1ccnc1C.Cl. The minimum Gasteiger partial charge on any atom is -0.326 e.